The highest BCUT2D eigenvalue weighted by Crippen LogP contribution is 2.56. The fourth-order valence-corrected chi connectivity index (χ4v) is 24.6. The second-order valence-corrected chi connectivity index (χ2v) is 38.9. The average Bonchev–Trinajstić information content (AvgIpc) is 1.54. The van der Waals surface area contributed by atoms with Crippen LogP contribution in [0.3, 0.4) is 0 Å². The predicted molar refractivity (Wildman–Crippen MR) is 610 cm³/mol. The molecule has 0 radical (unpaired) electrons. The summed E-state index contributed by atoms with van der Waals surface area (Å²) in [5.41, 5.74) is 23.9. The maximum Gasteiger partial charge on any atom is 0.266 e. The summed E-state index contributed by atoms with van der Waals surface area (Å²) in [6, 6.07) is 152. The molecule has 1 aliphatic carbocycles. The highest BCUT2D eigenvalue weighted by Gasteiger charge is 2.41. The molecule has 11 heterocycles. The van der Waals surface area contributed by atoms with Crippen LogP contribution in [0.25, 0.3) is 264 Å². The first-order chi connectivity index (χ1) is 73.6. The fourth-order valence-electron chi connectivity index (χ4n) is 24.6. The summed E-state index contributed by atoms with van der Waals surface area (Å²) < 4.78 is 16.6. The molecule has 0 saturated heterocycles. The van der Waals surface area contributed by atoms with Gasteiger partial charge in [0, 0.05) is 122 Å². The van der Waals surface area contributed by atoms with Crippen molar-refractivity contribution in [2.45, 2.75) is 19.3 Å². The van der Waals surface area contributed by atoms with Crippen molar-refractivity contribution < 1.29 is 0 Å². The van der Waals surface area contributed by atoms with Gasteiger partial charge in [0.1, 0.15) is 0 Å². The molecule has 17 heteroatoms. The molecular formula is C132H82N14O3. The lowest BCUT2D eigenvalue weighted by Crippen LogP contribution is -2.20. The molecule has 698 valence electrons. The minimum Gasteiger partial charge on any atom is -0.307 e. The molecule has 32 rings (SSSR count). The summed E-state index contributed by atoms with van der Waals surface area (Å²) in [4.78, 5) is 73.5. The maximum atomic E-state index is 14.3. The molecule has 0 aliphatic heterocycles. The Morgan fingerprint density at radius 1 is 0.181 bits per heavy atom. The van der Waals surface area contributed by atoms with Crippen LogP contribution in [0.5, 0.6) is 0 Å². The third-order valence-corrected chi connectivity index (χ3v) is 30.7. The highest BCUT2D eigenvalue weighted by molar-refractivity contribution is 6.37. The number of benzene rings is 20. The van der Waals surface area contributed by atoms with E-state index in [1.165, 1.54) is 65.3 Å². The number of pyridine rings is 3. The van der Waals surface area contributed by atoms with E-state index in [-0.39, 0.29) is 22.1 Å². The molecule has 149 heavy (non-hydrogen) atoms. The molecule has 0 amide bonds. The molecule has 0 N–H and O–H groups in total. The number of fused-ring (bicyclic) bond motifs is 37. The van der Waals surface area contributed by atoms with Gasteiger partial charge in [-0.1, -0.05) is 347 Å². The summed E-state index contributed by atoms with van der Waals surface area (Å²) in [7, 11) is 0. The molecule has 0 atom stereocenters. The van der Waals surface area contributed by atoms with Crippen LogP contribution in [0.2, 0.25) is 0 Å². The van der Waals surface area contributed by atoms with Crippen LogP contribution >= 0.6 is 0 Å². The van der Waals surface area contributed by atoms with Crippen molar-refractivity contribution >= 4 is 207 Å². The second-order valence-electron chi connectivity index (χ2n) is 38.9. The zero-order chi connectivity index (χ0) is 98.7. The van der Waals surface area contributed by atoms with Crippen molar-refractivity contribution in [3.05, 3.63) is 504 Å². The molecule has 0 unspecified atom stereocenters. The normalized spacial score (nSPS) is 12.5. The largest absolute Gasteiger partial charge is 0.307 e. The summed E-state index contributed by atoms with van der Waals surface area (Å²) in [6.45, 7) is 4.68. The Labute approximate surface area is 847 Å². The Morgan fingerprint density at radius 3 is 0.899 bits per heavy atom. The lowest BCUT2D eigenvalue weighted by atomic mass is 9.79. The standard InChI is InChI=1S/2C45H27N5O.C42H28N4O/c51-44-35-27-46-45(47-41(35)34-23-11-14-26-38(34)49(44)29-17-5-2-6-18-29)50-37-25-13-10-22-33(37)40-31-20-8-7-19-30(31)39-32-21-9-12-24-36(32)48(42(39)43(40)50)28-15-3-1-4-16-28;51-44-36-27-46-45(47-41(36)34-20-10-12-22-38(34)49(44)30-16-5-2-6-17-30)50-39-26-23-28-13-7-8-18-31(28)40(39)35-25-24-33-32-19-9-11-21-37(32)48(42(33)43(35)50)29-14-3-1-4-15-29;1-42(2)36-27-15-7-6-12-25(27)20-21-29(36)30-22-23-31-28-16-8-10-18-34(28)46(39(31)37(30)42)41-43-24-33-38(44-41)32-17-9-11-19-35(32)45(40(33)47)26-13-4-3-5-14-26/h2*1-27H;3-24H,1-2H3. The zero-order valence-electron chi connectivity index (χ0n) is 80.4. The summed E-state index contributed by atoms with van der Waals surface area (Å²) in [5.74, 6) is 1.57. The molecule has 1 aliphatic rings. The van der Waals surface area contributed by atoms with Crippen LogP contribution in [-0.2, 0) is 5.41 Å². The minimum absolute atomic E-state index is 0.136. The molecule has 0 fully saturated rings. The van der Waals surface area contributed by atoms with E-state index in [0.29, 0.717) is 50.6 Å². The third-order valence-electron chi connectivity index (χ3n) is 30.7. The van der Waals surface area contributed by atoms with E-state index in [2.05, 4.69) is 316 Å². The van der Waals surface area contributed by atoms with Gasteiger partial charge in [-0.3, -0.25) is 41.8 Å². The number of para-hydroxylation sites is 12. The van der Waals surface area contributed by atoms with Gasteiger partial charge in [-0.15, -0.1) is 0 Å². The van der Waals surface area contributed by atoms with Gasteiger partial charge in [0.15, 0.2) is 0 Å². The number of aromatic nitrogens is 14. The lowest BCUT2D eigenvalue weighted by molar-refractivity contribution is 0.669. The van der Waals surface area contributed by atoms with Crippen LogP contribution < -0.4 is 16.7 Å². The average molecular weight is 1910 g/mol. The maximum absolute atomic E-state index is 14.3. The van der Waals surface area contributed by atoms with Gasteiger partial charge in [-0.25, -0.2) is 29.9 Å². The topological polar surface area (TPSA) is 168 Å². The Hall–Kier alpha value is -20.2. The number of hydrogen-bond donors (Lipinski definition) is 0. The molecule has 0 bridgehead atoms. The van der Waals surface area contributed by atoms with E-state index in [9.17, 15) is 14.4 Å². The van der Waals surface area contributed by atoms with Crippen LogP contribution in [0.15, 0.2) is 476 Å². The molecule has 0 spiro atoms. The first-order valence-corrected chi connectivity index (χ1v) is 50.1. The van der Waals surface area contributed by atoms with E-state index in [1.807, 2.05) is 164 Å². The Kier molecular flexibility index (Phi) is 18.5. The van der Waals surface area contributed by atoms with Crippen LogP contribution in [-0.4, -0.2) is 66.4 Å². The van der Waals surface area contributed by atoms with Gasteiger partial charge in [-0.05, 0) is 164 Å². The molecule has 0 saturated carbocycles. The van der Waals surface area contributed by atoms with E-state index in [1.54, 1.807) is 32.3 Å². The zero-order valence-corrected chi connectivity index (χ0v) is 80.4. The third kappa shape index (κ3) is 12.3. The Morgan fingerprint density at radius 2 is 0.456 bits per heavy atom. The second kappa shape index (κ2) is 32.7. The number of rotatable bonds is 8. The lowest BCUT2D eigenvalue weighted by Gasteiger charge is -2.24. The Bertz CT molecular complexity index is 11200. The monoisotopic (exact) mass is 1910 g/mol. The van der Waals surface area contributed by atoms with Crippen LogP contribution in [0.1, 0.15) is 25.0 Å². The molecule has 20 aromatic carbocycles. The molecule has 17 nitrogen and oxygen atoms in total. The first-order valence-electron chi connectivity index (χ1n) is 50.1. The van der Waals surface area contributed by atoms with Crippen molar-refractivity contribution in [3.8, 4) is 57.4 Å². The van der Waals surface area contributed by atoms with Crippen molar-refractivity contribution in [2.24, 2.45) is 0 Å². The van der Waals surface area contributed by atoms with E-state index < -0.39 is 0 Å². The summed E-state index contributed by atoms with van der Waals surface area (Å²) >= 11 is 0. The van der Waals surface area contributed by atoms with Crippen LogP contribution in [0, 0.1) is 0 Å². The molecular weight excluding hydrogens is 1830 g/mol. The summed E-state index contributed by atoms with van der Waals surface area (Å²) in [5, 5.41) is 22.8. The van der Waals surface area contributed by atoms with Crippen molar-refractivity contribution in [1.29, 1.82) is 0 Å². The van der Waals surface area contributed by atoms with Crippen molar-refractivity contribution in [2.75, 3.05) is 0 Å². The summed E-state index contributed by atoms with van der Waals surface area (Å²) in [6.07, 6.45) is 5.12. The number of nitrogens with zero attached hydrogens (tertiary/aromatic N) is 14. The SMILES string of the molecule is CC1(C)c2c(ccc3ccccc23)-c2ccc3c4ccccc4n(-c4ncc5c(=O)n(-c6ccccc6)c6ccccc6c5n4)c3c21.O=c1c2cnc(-n3c4ccc5ccccc5c4c4ccc5c6ccccc6n(-c6ccccc6)c5c43)nc2c2ccccc2n1-c1ccccc1.O=c1c2cnc(-n3c4ccccc4c4c5ccccc5c5c6ccccc6n(-c6ccccc6)c5c43)nc2c2ccccc2n1-c1ccccc1. The smallest absolute Gasteiger partial charge is 0.266 e. The molecule has 11 aromatic heterocycles. The predicted octanol–water partition coefficient (Wildman–Crippen LogP) is 30.1. The van der Waals surface area contributed by atoms with Crippen LogP contribution in [0.4, 0.5) is 0 Å². The van der Waals surface area contributed by atoms with Gasteiger partial charge >= 0.3 is 0 Å². The van der Waals surface area contributed by atoms with Gasteiger partial charge in [0.2, 0.25) is 17.8 Å². The highest BCUT2D eigenvalue weighted by atomic mass is 16.1. The van der Waals surface area contributed by atoms with E-state index in [4.69, 9.17) is 29.9 Å². The molecule has 31 aromatic rings. The quantitative estimate of drug-likeness (QED) is 0.134. The first kappa shape index (κ1) is 84.5. The van der Waals surface area contributed by atoms with Gasteiger partial charge in [0.25, 0.3) is 16.7 Å². The fraction of sp³-hybridized carbons (Fsp3) is 0.0227. The number of hydrogen-bond acceptors (Lipinski definition) is 9. The van der Waals surface area contributed by atoms with Gasteiger partial charge in [0.05, 0.1) is 104 Å². The van der Waals surface area contributed by atoms with Crippen molar-refractivity contribution in [3.63, 3.8) is 0 Å². The van der Waals surface area contributed by atoms with E-state index >= 15 is 0 Å². The van der Waals surface area contributed by atoms with Gasteiger partial charge in [-0.2, -0.15) is 0 Å². The minimum atomic E-state index is -0.288. The van der Waals surface area contributed by atoms with Gasteiger partial charge < -0.3 is 9.13 Å². The van der Waals surface area contributed by atoms with E-state index in [0.717, 1.165) is 159 Å². The Balaban J connectivity index is 0.000000103. The van der Waals surface area contributed by atoms with Crippen molar-refractivity contribution in [1.82, 2.24) is 66.4 Å².